The fraction of sp³-hybridized carbons (Fsp3) is 0.310. The van der Waals surface area contributed by atoms with Crippen molar-refractivity contribution in [1.29, 1.82) is 0 Å². The normalized spacial score (nSPS) is 17.6. The Hall–Kier alpha value is -4.22. The number of methoxy groups -OCH3 is 1. The number of anilines is 5. The molecule has 9 nitrogen and oxygen atoms in total. The molecule has 2 saturated heterocycles. The van der Waals surface area contributed by atoms with Crippen molar-refractivity contribution in [2.75, 3.05) is 67.5 Å². The monoisotopic (exact) mass is 550 g/mol. The predicted octanol–water partition coefficient (Wildman–Crippen LogP) is 4.87. The smallest absolute Gasteiger partial charge is 0.247 e. The number of hydroxylamine groups is 1. The molecule has 11 heteroatoms. The van der Waals surface area contributed by atoms with Gasteiger partial charge in [-0.3, -0.25) is 9.63 Å². The number of pyridine rings is 1. The van der Waals surface area contributed by atoms with Crippen molar-refractivity contribution in [3.05, 3.63) is 78.5 Å². The summed E-state index contributed by atoms with van der Waals surface area (Å²) in [5.41, 5.74) is 3.21. The molecular weight excluding hydrogens is 518 g/mol. The van der Waals surface area contributed by atoms with Gasteiger partial charge in [0.25, 0.3) is 0 Å². The van der Waals surface area contributed by atoms with Gasteiger partial charge in [-0.2, -0.15) is 0 Å². The van der Waals surface area contributed by atoms with Gasteiger partial charge in [-0.05, 0) is 43.0 Å². The summed E-state index contributed by atoms with van der Waals surface area (Å²) in [5, 5.41) is 7.85. The zero-order valence-electron chi connectivity index (χ0n) is 22.5. The van der Waals surface area contributed by atoms with Crippen molar-refractivity contribution in [3.8, 4) is 5.75 Å². The standard InChI is InChI=1S/C29H32F2N6O3/c1-4-29(38)34-23-17-24(27(39-3)18-26(23)36-10-8-35(2)9-11-36)33-28-16-22(5-7-32-28)37-25(6-12-40-37)19-13-20(30)15-21(31)14-19/h4-5,7,13-18,25H,1,6,8-12H2,2-3H3,(H,32,33)(H,34,38)/t25-/m1/s1. The molecule has 1 amide bonds. The third-order valence-electron chi connectivity index (χ3n) is 7.04. The Balaban J connectivity index is 1.44. The Kier molecular flexibility index (Phi) is 8.13. The van der Waals surface area contributed by atoms with Crippen LogP contribution in [0, 0.1) is 11.6 Å². The number of hydrogen-bond donors (Lipinski definition) is 2. The van der Waals surface area contributed by atoms with E-state index in [2.05, 4.69) is 39.0 Å². The Bertz CT molecular complexity index is 1380. The van der Waals surface area contributed by atoms with Gasteiger partial charge in [0.15, 0.2) is 0 Å². The van der Waals surface area contributed by atoms with E-state index in [0.29, 0.717) is 47.2 Å². The van der Waals surface area contributed by atoms with E-state index >= 15 is 0 Å². The van der Waals surface area contributed by atoms with Gasteiger partial charge in [0, 0.05) is 57.0 Å². The van der Waals surface area contributed by atoms with Crippen LogP contribution in [-0.4, -0.2) is 62.7 Å². The highest BCUT2D eigenvalue weighted by molar-refractivity contribution is 6.02. The summed E-state index contributed by atoms with van der Waals surface area (Å²) in [6.45, 7) is 7.39. The van der Waals surface area contributed by atoms with Crippen molar-refractivity contribution in [3.63, 3.8) is 0 Å². The van der Waals surface area contributed by atoms with Gasteiger partial charge < -0.3 is 25.2 Å². The first-order chi connectivity index (χ1) is 19.3. The number of nitrogens with one attached hydrogen (secondary N) is 2. The summed E-state index contributed by atoms with van der Waals surface area (Å²) in [5.74, 6) is -0.527. The largest absolute Gasteiger partial charge is 0.494 e. The molecule has 0 bridgehead atoms. The number of carbonyl (C=O) groups excluding carboxylic acids is 1. The molecule has 0 aliphatic carbocycles. The number of benzene rings is 2. The molecule has 210 valence electrons. The van der Waals surface area contributed by atoms with Gasteiger partial charge in [0.05, 0.1) is 42.5 Å². The van der Waals surface area contributed by atoms with E-state index < -0.39 is 11.6 Å². The van der Waals surface area contributed by atoms with Crippen LogP contribution in [-0.2, 0) is 9.63 Å². The summed E-state index contributed by atoms with van der Waals surface area (Å²) in [6.07, 6.45) is 3.42. The minimum absolute atomic E-state index is 0.322. The molecule has 40 heavy (non-hydrogen) atoms. The number of nitrogens with zero attached hydrogens (tertiary/aromatic N) is 4. The number of aromatic nitrogens is 1. The van der Waals surface area contributed by atoms with E-state index in [0.717, 1.165) is 37.9 Å². The molecule has 0 unspecified atom stereocenters. The average Bonchev–Trinajstić information content (AvgIpc) is 3.44. The number of hydrogen-bond acceptors (Lipinski definition) is 8. The Labute approximate surface area is 231 Å². The number of piperazine rings is 1. The molecule has 3 heterocycles. The fourth-order valence-electron chi connectivity index (χ4n) is 4.99. The lowest BCUT2D eigenvalue weighted by Crippen LogP contribution is -2.44. The van der Waals surface area contributed by atoms with Crippen molar-refractivity contribution < 1.29 is 23.1 Å². The van der Waals surface area contributed by atoms with Crippen molar-refractivity contribution in [1.82, 2.24) is 9.88 Å². The first-order valence-corrected chi connectivity index (χ1v) is 13.0. The zero-order chi connectivity index (χ0) is 28.2. The number of amides is 1. The second-order valence-corrected chi connectivity index (χ2v) is 9.74. The molecule has 2 fully saturated rings. The van der Waals surface area contributed by atoms with E-state index in [1.165, 1.54) is 18.2 Å². The highest BCUT2D eigenvalue weighted by atomic mass is 19.1. The molecule has 1 aromatic heterocycles. The van der Waals surface area contributed by atoms with Gasteiger partial charge >= 0.3 is 0 Å². The first kappa shape index (κ1) is 27.4. The maximum absolute atomic E-state index is 13.9. The molecule has 2 N–H and O–H groups in total. The van der Waals surface area contributed by atoms with Crippen LogP contribution in [0.25, 0.3) is 0 Å². The minimum atomic E-state index is -0.634. The topological polar surface area (TPSA) is 82.2 Å². The number of halogens is 2. The summed E-state index contributed by atoms with van der Waals surface area (Å²) in [6, 6.07) is 10.4. The van der Waals surface area contributed by atoms with Crippen LogP contribution in [0.3, 0.4) is 0 Å². The van der Waals surface area contributed by atoms with Gasteiger partial charge in [0.1, 0.15) is 23.2 Å². The van der Waals surface area contributed by atoms with E-state index in [4.69, 9.17) is 9.57 Å². The quantitative estimate of drug-likeness (QED) is 0.385. The number of carbonyl (C=O) groups is 1. The van der Waals surface area contributed by atoms with Gasteiger partial charge in [-0.25, -0.2) is 18.8 Å². The van der Waals surface area contributed by atoms with Gasteiger partial charge in [-0.15, -0.1) is 0 Å². The fourth-order valence-corrected chi connectivity index (χ4v) is 4.99. The van der Waals surface area contributed by atoms with Gasteiger partial charge in [0.2, 0.25) is 5.91 Å². The van der Waals surface area contributed by atoms with E-state index in [-0.39, 0.29) is 11.9 Å². The van der Waals surface area contributed by atoms with Crippen LogP contribution in [0.5, 0.6) is 5.75 Å². The molecule has 2 aliphatic rings. The lowest BCUT2D eigenvalue weighted by Gasteiger charge is -2.35. The molecule has 0 saturated carbocycles. The molecule has 3 aromatic rings. The maximum Gasteiger partial charge on any atom is 0.247 e. The van der Waals surface area contributed by atoms with Crippen LogP contribution in [0.15, 0.2) is 61.3 Å². The van der Waals surface area contributed by atoms with Crippen LogP contribution in [0.4, 0.5) is 37.3 Å². The predicted molar refractivity (Wildman–Crippen MR) is 151 cm³/mol. The van der Waals surface area contributed by atoms with Crippen molar-refractivity contribution in [2.24, 2.45) is 0 Å². The SMILES string of the molecule is C=CC(=O)Nc1cc(Nc2cc(N3OCC[C@@H]3c3cc(F)cc(F)c3)ccn2)c(OC)cc1N1CCN(C)CC1. The molecule has 2 aromatic carbocycles. The summed E-state index contributed by atoms with van der Waals surface area (Å²) >= 11 is 0. The van der Waals surface area contributed by atoms with E-state index in [1.807, 2.05) is 12.1 Å². The lowest BCUT2D eigenvalue weighted by atomic mass is 10.0. The Morgan fingerprint density at radius 1 is 1.10 bits per heavy atom. The van der Waals surface area contributed by atoms with Crippen molar-refractivity contribution >= 4 is 34.5 Å². The van der Waals surface area contributed by atoms with Crippen molar-refractivity contribution in [2.45, 2.75) is 12.5 Å². The summed E-state index contributed by atoms with van der Waals surface area (Å²) < 4.78 is 33.6. The zero-order valence-corrected chi connectivity index (χ0v) is 22.5. The second kappa shape index (κ2) is 11.9. The first-order valence-electron chi connectivity index (χ1n) is 13.0. The minimum Gasteiger partial charge on any atom is -0.494 e. The van der Waals surface area contributed by atoms with Crippen LogP contribution in [0.2, 0.25) is 0 Å². The maximum atomic E-state index is 13.9. The Morgan fingerprint density at radius 2 is 1.85 bits per heavy atom. The third kappa shape index (κ3) is 6.00. The molecule has 0 spiro atoms. The average molecular weight is 551 g/mol. The molecular formula is C29H32F2N6O3. The second-order valence-electron chi connectivity index (χ2n) is 9.74. The molecule has 5 rings (SSSR count). The third-order valence-corrected chi connectivity index (χ3v) is 7.04. The molecule has 0 radical (unpaired) electrons. The number of rotatable bonds is 8. The highest BCUT2D eigenvalue weighted by Crippen LogP contribution is 2.40. The number of likely N-dealkylation sites (N-methyl/N-ethyl adjacent to an activating group) is 1. The summed E-state index contributed by atoms with van der Waals surface area (Å²) in [7, 11) is 3.67. The van der Waals surface area contributed by atoms with Crippen LogP contribution >= 0.6 is 0 Å². The van der Waals surface area contributed by atoms with Gasteiger partial charge in [-0.1, -0.05) is 6.58 Å². The van der Waals surface area contributed by atoms with E-state index in [1.54, 1.807) is 30.5 Å². The summed E-state index contributed by atoms with van der Waals surface area (Å²) in [4.78, 5) is 27.0. The lowest BCUT2D eigenvalue weighted by molar-refractivity contribution is -0.111. The van der Waals surface area contributed by atoms with Crippen LogP contribution < -0.4 is 25.3 Å². The molecule has 1 atom stereocenters. The highest BCUT2D eigenvalue weighted by Gasteiger charge is 2.29. The van der Waals surface area contributed by atoms with Crippen LogP contribution in [0.1, 0.15) is 18.0 Å². The number of ether oxygens (including phenoxy) is 1. The molecule has 2 aliphatic heterocycles. The van der Waals surface area contributed by atoms with E-state index in [9.17, 15) is 13.6 Å². The Morgan fingerprint density at radius 3 is 2.55 bits per heavy atom.